The molecule has 9 heteroatoms. The van der Waals surface area contributed by atoms with Gasteiger partial charge in [0.1, 0.15) is 5.92 Å². The topological polar surface area (TPSA) is 77.5 Å². The van der Waals surface area contributed by atoms with Crippen molar-refractivity contribution in [3.05, 3.63) is 77.3 Å². The average Bonchev–Trinajstić information content (AvgIpc) is 3.40. The summed E-state index contributed by atoms with van der Waals surface area (Å²) in [6, 6.07) is 18.8. The SMILES string of the molecule is COc1cc([C@H]2[C@H]3C(=O)N(c4ccc(Cl)cc4)C(=O)[C@H]3ON2c2ccccc2)cc(OC)c1OC. The number of ether oxygens (including phenoxy) is 3. The molecule has 0 aromatic heterocycles. The lowest BCUT2D eigenvalue weighted by atomic mass is 9.90. The van der Waals surface area contributed by atoms with Crippen LogP contribution in [0.4, 0.5) is 11.4 Å². The normalized spacial score (nSPS) is 21.3. The zero-order valence-corrected chi connectivity index (χ0v) is 20.1. The molecule has 2 fully saturated rings. The van der Waals surface area contributed by atoms with E-state index in [0.717, 1.165) is 0 Å². The van der Waals surface area contributed by atoms with Crippen LogP contribution in [0.5, 0.6) is 17.2 Å². The quantitative estimate of drug-likeness (QED) is 0.469. The molecule has 3 aromatic carbocycles. The largest absolute Gasteiger partial charge is 0.493 e. The van der Waals surface area contributed by atoms with Gasteiger partial charge in [0.15, 0.2) is 17.6 Å². The molecule has 2 saturated heterocycles. The molecule has 180 valence electrons. The molecule has 5 rings (SSSR count). The molecular weight excluding hydrogens is 472 g/mol. The first-order valence-electron chi connectivity index (χ1n) is 10.9. The van der Waals surface area contributed by atoms with E-state index in [4.69, 9.17) is 30.6 Å². The van der Waals surface area contributed by atoms with Gasteiger partial charge in [-0.25, -0.2) is 9.96 Å². The maximum atomic E-state index is 13.8. The number of amides is 2. The van der Waals surface area contributed by atoms with Gasteiger partial charge < -0.3 is 14.2 Å². The molecule has 0 bridgehead atoms. The van der Waals surface area contributed by atoms with Gasteiger partial charge in [0.2, 0.25) is 11.7 Å². The standard InChI is InChI=1S/C26H23ClN2O6/c1-32-19-13-15(14-20(33-2)23(19)34-3)22-21-24(35-29(22)18-7-5-4-6-8-18)26(31)28(25(21)30)17-11-9-16(27)10-12-17/h4-14,21-22,24H,1-3H3/t21-,22+,24+/m1/s1. The van der Waals surface area contributed by atoms with Crippen molar-refractivity contribution in [2.45, 2.75) is 12.1 Å². The van der Waals surface area contributed by atoms with Crippen LogP contribution in [0.3, 0.4) is 0 Å². The molecule has 3 atom stereocenters. The monoisotopic (exact) mass is 494 g/mol. The predicted octanol–water partition coefficient (Wildman–Crippen LogP) is 4.42. The third-order valence-corrected chi connectivity index (χ3v) is 6.49. The van der Waals surface area contributed by atoms with Crippen molar-refractivity contribution in [1.29, 1.82) is 0 Å². The Kier molecular flexibility index (Phi) is 6.00. The number of benzene rings is 3. The van der Waals surface area contributed by atoms with Crippen molar-refractivity contribution in [1.82, 2.24) is 0 Å². The van der Waals surface area contributed by atoms with Gasteiger partial charge >= 0.3 is 0 Å². The molecule has 3 aromatic rings. The third kappa shape index (κ3) is 3.75. The van der Waals surface area contributed by atoms with Gasteiger partial charge in [-0.3, -0.25) is 14.4 Å². The maximum Gasteiger partial charge on any atom is 0.266 e. The Morgan fingerprint density at radius 3 is 2.00 bits per heavy atom. The maximum absolute atomic E-state index is 13.8. The fourth-order valence-electron chi connectivity index (χ4n) is 4.67. The lowest BCUT2D eigenvalue weighted by Crippen LogP contribution is -2.37. The minimum absolute atomic E-state index is 0.362. The second-order valence-electron chi connectivity index (χ2n) is 8.10. The molecule has 0 aliphatic carbocycles. The molecule has 2 aliphatic heterocycles. The molecule has 2 heterocycles. The molecule has 0 unspecified atom stereocenters. The first-order valence-corrected chi connectivity index (χ1v) is 11.3. The number of carbonyl (C=O) groups is 2. The van der Waals surface area contributed by atoms with E-state index in [2.05, 4.69) is 0 Å². The zero-order chi connectivity index (χ0) is 24.7. The van der Waals surface area contributed by atoms with Crippen LogP contribution in [0.2, 0.25) is 5.02 Å². The van der Waals surface area contributed by atoms with Crippen LogP contribution in [-0.2, 0) is 14.4 Å². The van der Waals surface area contributed by atoms with Gasteiger partial charge in [-0.15, -0.1) is 0 Å². The van der Waals surface area contributed by atoms with Crippen molar-refractivity contribution in [2.75, 3.05) is 31.3 Å². The van der Waals surface area contributed by atoms with E-state index in [0.29, 0.717) is 39.2 Å². The summed E-state index contributed by atoms with van der Waals surface area (Å²) in [6.07, 6.45) is -0.998. The van der Waals surface area contributed by atoms with Crippen molar-refractivity contribution < 1.29 is 28.6 Å². The smallest absolute Gasteiger partial charge is 0.266 e. The third-order valence-electron chi connectivity index (χ3n) is 6.24. The highest BCUT2D eigenvalue weighted by Crippen LogP contribution is 2.50. The van der Waals surface area contributed by atoms with Crippen LogP contribution >= 0.6 is 11.6 Å². The van der Waals surface area contributed by atoms with E-state index in [1.807, 2.05) is 30.3 Å². The highest BCUT2D eigenvalue weighted by atomic mass is 35.5. The van der Waals surface area contributed by atoms with Gasteiger partial charge in [0.25, 0.3) is 5.91 Å². The van der Waals surface area contributed by atoms with E-state index in [-0.39, 0.29) is 5.91 Å². The summed E-state index contributed by atoms with van der Waals surface area (Å²) in [5.74, 6) is -0.301. The van der Waals surface area contributed by atoms with Gasteiger partial charge in [0.05, 0.1) is 38.7 Å². The molecule has 2 aliphatic rings. The molecule has 2 amide bonds. The zero-order valence-electron chi connectivity index (χ0n) is 19.3. The summed E-state index contributed by atoms with van der Waals surface area (Å²) >= 11 is 6.01. The second-order valence-corrected chi connectivity index (χ2v) is 8.54. The lowest BCUT2D eigenvalue weighted by molar-refractivity contribution is -0.126. The number of carbonyl (C=O) groups excluding carboxylic acids is 2. The average molecular weight is 495 g/mol. The number of hydroxylamine groups is 1. The van der Waals surface area contributed by atoms with E-state index >= 15 is 0 Å². The molecule has 0 spiro atoms. The number of anilines is 2. The van der Waals surface area contributed by atoms with Crippen LogP contribution in [0, 0.1) is 5.92 Å². The van der Waals surface area contributed by atoms with Crippen molar-refractivity contribution in [3.63, 3.8) is 0 Å². The molecule has 0 radical (unpaired) electrons. The Morgan fingerprint density at radius 1 is 0.800 bits per heavy atom. The first kappa shape index (κ1) is 23.0. The summed E-state index contributed by atoms with van der Waals surface area (Å²) in [7, 11) is 4.57. The Morgan fingerprint density at radius 2 is 1.43 bits per heavy atom. The number of hydrogen-bond donors (Lipinski definition) is 0. The van der Waals surface area contributed by atoms with Gasteiger partial charge in [-0.1, -0.05) is 29.8 Å². The number of methoxy groups -OCH3 is 3. The van der Waals surface area contributed by atoms with E-state index in [9.17, 15) is 9.59 Å². The van der Waals surface area contributed by atoms with Gasteiger partial charge in [-0.2, -0.15) is 0 Å². The number of para-hydroxylation sites is 1. The summed E-state index contributed by atoms with van der Waals surface area (Å²) < 4.78 is 16.5. The molecule has 35 heavy (non-hydrogen) atoms. The van der Waals surface area contributed by atoms with Crippen molar-refractivity contribution >= 4 is 34.8 Å². The summed E-state index contributed by atoms with van der Waals surface area (Å²) in [4.78, 5) is 34.5. The van der Waals surface area contributed by atoms with Crippen molar-refractivity contribution in [3.8, 4) is 17.2 Å². The first-order chi connectivity index (χ1) is 17.0. The Balaban J connectivity index is 1.64. The van der Waals surface area contributed by atoms with E-state index in [1.54, 1.807) is 41.5 Å². The van der Waals surface area contributed by atoms with E-state index < -0.39 is 24.0 Å². The minimum Gasteiger partial charge on any atom is -0.493 e. The fraction of sp³-hybridized carbons (Fsp3) is 0.231. The predicted molar refractivity (Wildman–Crippen MR) is 130 cm³/mol. The van der Waals surface area contributed by atoms with E-state index in [1.165, 1.54) is 26.2 Å². The highest BCUT2D eigenvalue weighted by Gasteiger charge is 2.60. The van der Waals surface area contributed by atoms with Gasteiger partial charge in [0, 0.05) is 5.02 Å². The Bertz CT molecular complexity index is 1240. The summed E-state index contributed by atoms with van der Waals surface area (Å²) in [5.41, 5.74) is 1.83. The number of fused-ring (bicyclic) bond motifs is 1. The highest BCUT2D eigenvalue weighted by molar-refractivity contribution is 6.31. The Labute approximate surface area is 207 Å². The van der Waals surface area contributed by atoms with Crippen LogP contribution < -0.4 is 24.2 Å². The van der Waals surface area contributed by atoms with Crippen LogP contribution in [0.25, 0.3) is 0 Å². The van der Waals surface area contributed by atoms with Crippen molar-refractivity contribution in [2.24, 2.45) is 5.92 Å². The van der Waals surface area contributed by atoms with Gasteiger partial charge in [-0.05, 0) is 54.1 Å². The molecule has 0 saturated carbocycles. The molecular formula is C26H23ClN2O6. The number of hydrogen-bond acceptors (Lipinski definition) is 7. The molecule has 8 nitrogen and oxygen atoms in total. The number of halogens is 1. The second kappa shape index (κ2) is 9.13. The number of rotatable bonds is 6. The van der Waals surface area contributed by atoms with Crippen LogP contribution in [-0.4, -0.2) is 39.2 Å². The summed E-state index contributed by atoms with van der Waals surface area (Å²) in [6.45, 7) is 0. The molecule has 0 N–H and O–H groups in total. The summed E-state index contributed by atoms with van der Waals surface area (Å²) in [5, 5.41) is 2.13. The minimum atomic E-state index is -0.998. The number of nitrogens with zero attached hydrogens (tertiary/aromatic N) is 2. The van der Waals surface area contributed by atoms with Crippen LogP contribution in [0.15, 0.2) is 66.7 Å². The Hall–Kier alpha value is -3.75. The van der Waals surface area contributed by atoms with Crippen LogP contribution in [0.1, 0.15) is 11.6 Å². The number of imide groups is 1. The lowest BCUT2D eigenvalue weighted by Gasteiger charge is -2.29. The fourth-order valence-corrected chi connectivity index (χ4v) is 4.79.